The highest BCUT2D eigenvalue weighted by atomic mass is 35.5. The number of amidine groups is 1. The maximum absolute atomic E-state index is 14.6. The average Bonchev–Trinajstić information content (AvgIpc) is 2.62. The zero-order valence-electron chi connectivity index (χ0n) is 16.2. The molecule has 154 valence electrons. The van der Waals surface area contributed by atoms with E-state index in [9.17, 15) is 17.6 Å². The summed E-state index contributed by atoms with van der Waals surface area (Å²) in [5.41, 5.74) is 5.22. The molecule has 0 spiro atoms. The lowest BCUT2D eigenvalue weighted by Crippen LogP contribution is -2.55. The smallest absolute Gasteiger partial charge is 0.255 e. The number of benzene rings is 2. The number of aliphatic imine (C=N–C) groups is 1. The zero-order valence-corrected chi connectivity index (χ0v) is 17.7. The summed E-state index contributed by atoms with van der Waals surface area (Å²) in [7, 11) is -3.69. The van der Waals surface area contributed by atoms with Gasteiger partial charge >= 0.3 is 0 Å². The number of halogens is 2. The summed E-state index contributed by atoms with van der Waals surface area (Å²) in [6.07, 6.45) is 0. The number of sulfone groups is 1. The van der Waals surface area contributed by atoms with Crippen molar-refractivity contribution in [1.82, 2.24) is 0 Å². The summed E-state index contributed by atoms with van der Waals surface area (Å²) in [6, 6.07) is 10.2. The molecular formula is C20H21ClFN3O3S. The first-order valence-electron chi connectivity index (χ1n) is 8.81. The molecule has 0 aliphatic carbocycles. The third-order valence-electron chi connectivity index (χ3n) is 5.14. The van der Waals surface area contributed by atoms with Crippen molar-refractivity contribution < 1.29 is 17.6 Å². The van der Waals surface area contributed by atoms with E-state index in [2.05, 4.69) is 10.3 Å². The van der Waals surface area contributed by atoms with Crippen LogP contribution in [-0.4, -0.2) is 30.7 Å². The molecule has 3 N–H and O–H groups in total. The first-order chi connectivity index (χ1) is 13.4. The fourth-order valence-electron chi connectivity index (χ4n) is 3.10. The number of carbonyl (C=O) groups excluding carboxylic acids is 1. The minimum Gasteiger partial charge on any atom is -0.386 e. The number of rotatable bonds is 3. The number of hydrogen-bond acceptors (Lipinski definition) is 5. The topological polar surface area (TPSA) is 102 Å². The Labute approximate surface area is 173 Å². The Morgan fingerprint density at radius 1 is 1.17 bits per heavy atom. The Bertz CT molecular complexity index is 1110. The van der Waals surface area contributed by atoms with Gasteiger partial charge in [0, 0.05) is 21.8 Å². The van der Waals surface area contributed by atoms with Crippen LogP contribution in [0.25, 0.3) is 0 Å². The third-order valence-corrected chi connectivity index (χ3v) is 8.10. The summed E-state index contributed by atoms with van der Waals surface area (Å²) in [6.45, 7) is 4.45. The minimum absolute atomic E-state index is 0.0356. The largest absolute Gasteiger partial charge is 0.386 e. The summed E-state index contributed by atoms with van der Waals surface area (Å²) < 4.78 is 38.8. The van der Waals surface area contributed by atoms with E-state index in [1.807, 2.05) is 0 Å². The predicted molar refractivity (Wildman–Crippen MR) is 113 cm³/mol. The maximum Gasteiger partial charge on any atom is 0.255 e. The summed E-state index contributed by atoms with van der Waals surface area (Å²) in [5.74, 6) is -1.53. The number of nitrogens with two attached hydrogens (primary N) is 1. The molecule has 0 aromatic heterocycles. The molecule has 0 saturated carbocycles. The van der Waals surface area contributed by atoms with Crippen molar-refractivity contribution in [2.24, 2.45) is 10.7 Å². The third kappa shape index (κ3) is 3.86. The van der Waals surface area contributed by atoms with Gasteiger partial charge in [-0.25, -0.2) is 12.8 Å². The second kappa shape index (κ2) is 7.11. The molecule has 0 radical (unpaired) electrons. The van der Waals surface area contributed by atoms with Gasteiger partial charge in [-0.05, 0) is 63.2 Å². The van der Waals surface area contributed by atoms with Crippen LogP contribution >= 0.6 is 11.6 Å². The predicted octanol–water partition coefficient (Wildman–Crippen LogP) is 3.51. The monoisotopic (exact) mass is 437 g/mol. The van der Waals surface area contributed by atoms with Gasteiger partial charge in [0.1, 0.15) is 21.9 Å². The fraction of sp³-hybridized carbons (Fsp3) is 0.300. The van der Waals surface area contributed by atoms with Gasteiger partial charge in [0.05, 0.1) is 5.75 Å². The van der Waals surface area contributed by atoms with E-state index in [4.69, 9.17) is 17.3 Å². The van der Waals surface area contributed by atoms with E-state index in [-0.39, 0.29) is 11.4 Å². The number of nitrogens with zero attached hydrogens (tertiary/aromatic N) is 1. The molecule has 1 heterocycles. The summed E-state index contributed by atoms with van der Waals surface area (Å²) in [5, 5.41) is 3.17. The van der Waals surface area contributed by atoms with Crippen LogP contribution in [0.4, 0.5) is 10.1 Å². The lowest BCUT2D eigenvalue weighted by molar-refractivity contribution is 0.102. The van der Waals surface area contributed by atoms with Crippen LogP contribution in [0.5, 0.6) is 0 Å². The van der Waals surface area contributed by atoms with Gasteiger partial charge in [-0.3, -0.25) is 9.79 Å². The van der Waals surface area contributed by atoms with Gasteiger partial charge in [0.15, 0.2) is 9.84 Å². The Hall–Kier alpha value is -2.45. The van der Waals surface area contributed by atoms with Crippen LogP contribution in [0.2, 0.25) is 5.02 Å². The van der Waals surface area contributed by atoms with Crippen LogP contribution in [-0.2, 0) is 15.4 Å². The molecule has 2 aromatic carbocycles. The first kappa shape index (κ1) is 21.3. The molecule has 0 fully saturated rings. The molecule has 1 aliphatic heterocycles. The lowest BCUT2D eigenvalue weighted by Gasteiger charge is -2.38. The number of amides is 1. The second-order valence-corrected chi connectivity index (χ2v) is 10.7. The molecule has 6 nitrogen and oxygen atoms in total. The normalized spacial score (nSPS) is 22.6. The highest BCUT2D eigenvalue weighted by Gasteiger charge is 2.49. The molecular weight excluding hydrogens is 417 g/mol. The van der Waals surface area contributed by atoms with E-state index in [1.54, 1.807) is 24.3 Å². The van der Waals surface area contributed by atoms with Gasteiger partial charge in [0.2, 0.25) is 0 Å². The molecule has 0 bridgehead atoms. The van der Waals surface area contributed by atoms with Crippen molar-refractivity contribution in [3.05, 3.63) is 64.4 Å². The fourth-order valence-corrected chi connectivity index (χ4v) is 4.91. The molecule has 3 rings (SSSR count). The van der Waals surface area contributed by atoms with Crippen molar-refractivity contribution >= 4 is 38.9 Å². The van der Waals surface area contributed by atoms with Crippen molar-refractivity contribution in [3.63, 3.8) is 0 Å². The molecule has 9 heteroatoms. The van der Waals surface area contributed by atoms with Crippen molar-refractivity contribution in [1.29, 1.82) is 0 Å². The average molecular weight is 438 g/mol. The Kier molecular flexibility index (Phi) is 5.21. The van der Waals surface area contributed by atoms with Crippen molar-refractivity contribution in [2.45, 2.75) is 31.1 Å². The van der Waals surface area contributed by atoms with E-state index in [1.165, 1.54) is 32.9 Å². The molecule has 1 unspecified atom stereocenters. The highest BCUT2D eigenvalue weighted by Crippen LogP contribution is 2.38. The first-order valence-corrected chi connectivity index (χ1v) is 10.8. The Morgan fingerprint density at radius 3 is 2.38 bits per heavy atom. The van der Waals surface area contributed by atoms with Gasteiger partial charge in [-0.15, -0.1) is 0 Å². The van der Waals surface area contributed by atoms with Crippen LogP contribution in [0.3, 0.4) is 0 Å². The summed E-state index contributed by atoms with van der Waals surface area (Å²) >= 11 is 5.83. The standard InChI is InChI=1S/C20H21ClFN3O3S/c1-19(2)18(23)25-20(3,11-29(19,27)28)15-10-14(8-9-16(15)22)24-17(26)12-4-6-13(21)7-5-12/h4-10H,11H2,1-3H3,(H2,23,25)(H,24,26). The lowest BCUT2D eigenvalue weighted by atomic mass is 9.92. The van der Waals surface area contributed by atoms with Gasteiger partial charge in [0.25, 0.3) is 5.91 Å². The number of carbonyl (C=O) groups is 1. The van der Waals surface area contributed by atoms with E-state index >= 15 is 0 Å². The molecule has 1 aliphatic rings. The number of anilines is 1. The van der Waals surface area contributed by atoms with E-state index < -0.39 is 37.6 Å². The van der Waals surface area contributed by atoms with Gasteiger partial charge in [-0.2, -0.15) is 0 Å². The van der Waals surface area contributed by atoms with Crippen molar-refractivity contribution in [3.8, 4) is 0 Å². The molecule has 1 atom stereocenters. The highest BCUT2D eigenvalue weighted by molar-refractivity contribution is 7.93. The van der Waals surface area contributed by atoms with Crippen LogP contribution < -0.4 is 11.1 Å². The molecule has 2 aromatic rings. The number of nitrogens with one attached hydrogen (secondary N) is 1. The quantitative estimate of drug-likeness (QED) is 0.767. The van der Waals surface area contributed by atoms with Crippen LogP contribution in [0.1, 0.15) is 36.7 Å². The van der Waals surface area contributed by atoms with E-state index in [0.29, 0.717) is 16.3 Å². The Morgan fingerprint density at radius 2 is 1.79 bits per heavy atom. The van der Waals surface area contributed by atoms with Gasteiger partial charge in [-0.1, -0.05) is 11.6 Å². The SMILES string of the molecule is CC1(c2cc(NC(=O)c3ccc(Cl)cc3)ccc2F)CS(=O)(=O)C(C)(C)C(N)=N1. The van der Waals surface area contributed by atoms with Crippen LogP contribution in [0, 0.1) is 5.82 Å². The molecule has 1 amide bonds. The van der Waals surface area contributed by atoms with Gasteiger partial charge < -0.3 is 11.1 Å². The van der Waals surface area contributed by atoms with E-state index in [0.717, 1.165) is 6.07 Å². The molecule has 0 saturated heterocycles. The zero-order chi connectivity index (χ0) is 21.6. The second-order valence-electron chi connectivity index (χ2n) is 7.70. The number of hydrogen-bond donors (Lipinski definition) is 2. The minimum atomic E-state index is -3.69. The molecule has 29 heavy (non-hydrogen) atoms. The maximum atomic E-state index is 14.6. The van der Waals surface area contributed by atoms with Crippen molar-refractivity contribution in [2.75, 3.05) is 11.1 Å². The van der Waals surface area contributed by atoms with Crippen LogP contribution in [0.15, 0.2) is 47.5 Å². The Balaban J connectivity index is 1.98. The summed E-state index contributed by atoms with van der Waals surface area (Å²) in [4.78, 5) is 16.8.